The third kappa shape index (κ3) is 3.55. The molecule has 3 N–H and O–H groups in total. The lowest BCUT2D eigenvalue weighted by Crippen LogP contribution is -2.26. The molecule has 1 aromatic heterocycles. The zero-order valence-corrected chi connectivity index (χ0v) is 10.9. The van der Waals surface area contributed by atoms with Crippen molar-refractivity contribution >= 4 is 11.6 Å². The van der Waals surface area contributed by atoms with Crippen molar-refractivity contribution < 1.29 is 4.79 Å². The molecular formula is C15H17N3O. The Hall–Kier alpha value is -2.36. The lowest BCUT2D eigenvalue weighted by atomic mass is 10.1. The van der Waals surface area contributed by atoms with Gasteiger partial charge in [0.15, 0.2) is 0 Å². The predicted molar refractivity (Wildman–Crippen MR) is 75.9 cm³/mol. The molecule has 0 atom stereocenters. The number of nitrogens with two attached hydrogens (primary N) is 1. The number of nitrogens with one attached hydrogen (secondary N) is 1. The Morgan fingerprint density at radius 1 is 1.37 bits per heavy atom. The highest BCUT2D eigenvalue weighted by atomic mass is 16.1. The van der Waals surface area contributed by atoms with E-state index in [-0.39, 0.29) is 5.91 Å². The molecule has 0 saturated heterocycles. The maximum Gasteiger partial charge on any atom is 0.254 e. The van der Waals surface area contributed by atoms with Crippen LogP contribution < -0.4 is 11.1 Å². The van der Waals surface area contributed by atoms with Gasteiger partial charge < -0.3 is 11.1 Å². The third-order valence-electron chi connectivity index (χ3n) is 2.88. The molecule has 0 spiro atoms. The van der Waals surface area contributed by atoms with Crippen molar-refractivity contribution in [2.24, 2.45) is 0 Å². The molecular weight excluding hydrogens is 238 g/mol. The summed E-state index contributed by atoms with van der Waals surface area (Å²) in [5, 5.41) is 2.85. The number of carbonyl (C=O) groups excluding carboxylic acids is 1. The first-order valence-electron chi connectivity index (χ1n) is 6.20. The third-order valence-corrected chi connectivity index (χ3v) is 2.88. The van der Waals surface area contributed by atoms with Gasteiger partial charge in [0.25, 0.3) is 5.91 Å². The Balaban J connectivity index is 1.90. The number of anilines is 1. The number of hydrogen-bond acceptors (Lipinski definition) is 3. The minimum absolute atomic E-state index is 0.182. The summed E-state index contributed by atoms with van der Waals surface area (Å²) in [6.07, 6.45) is 3.85. The zero-order valence-electron chi connectivity index (χ0n) is 10.9. The van der Waals surface area contributed by atoms with Crippen molar-refractivity contribution in [2.75, 3.05) is 12.3 Å². The monoisotopic (exact) mass is 255 g/mol. The van der Waals surface area contributed by atoms with E-state index in [4.69, 9.17) is 5.73 Å². The molecule has 1 heterocycles. The van der Waals surface area contributed by atoms with Gasteiger partial charge in [0, 0.05) is 24.6 Å². The summed E-state index contributed by atoms with van der Waals surface area (Å²) >= 11 is 0. The van der Waals surface area contributed by atoms with Gasteiger partial charge in [-0.2, -0.15) is 0 Å². The number of aromatic nitrogens is 1. The summed E-state index contributed by atoms with van der Waals surface area (Å²) in [6, 6.07) is 9.86. The second-order valence-corrected chi connectivity index (χ2v) is 4.46. The van der Waals surface area contributed by atoms with Crippen molar-refractivity contribution in [2.45, 2.75) is 13.3 Å². The number of nitrogen functional groups attached to an aromatic ring is 1. The first-order chi connectivity index (χ1) is 9.16. The fourth-order valence-corrected chi connectivity index (χ4v) is 1.88. The van der Waals surface area contributed by atoms with Crippen LogP contribution in [0.5, 0.6) is 0 Å². The average molecular weight is 255 g/mol. The van der Waals surface area contributed by atoms with Crippen LogP contribution in [0, 0.1) is 6.92 Å². The van der Waals surface area contributed by atoms with Gasteiger partial charge in [-0.15, -0.1) is 0 Å². The van der Waals surface area contributed by atoms with Crippen LogP contribution in [-0.2, 0) is 6.42 Å². The van der Waals surface area contributed by atoms with Gasteiger partial charge in [-0.25, -0.2) is 0 Å². The standard InChI is InChI=1S/C15H17N3O/c1-11-3-2-4-12(9-11)5-8-18-15(19)13-10-17-7-6-14(13)16/h2-4,6-7,9-10H,5,8H2,1H3,(H2,16,17)(H,18,19). The van der Waals surface area contributed by atoms with Crippen LogP contribution in [0.1, 0.15) is 21.5 Å². The molecule has 4 heteroatoms. The summed E-state index contributed by atoms with van der Waals surface area (Å²) in [4.78, 5) is 15.8. The lowest BCUT2D eigenvalue weighted by molar-refractivity contribution is 0.0954. The second-order valence-electron chi connectivity index (χ2n) is 4.46. The molecule has 0 aliphatic rings. The largest absolute Gasteiger partial charge is 0.398 e. The predicted octanol–water partition coefficient (Wildman–Crippen LogP) is 1.94. The van der Waals surface area contributed by atoms with E-state index in [1.807, 2.05) is 6.07 Å². The van der Waals surface area contributed by atoms with Crippen molar-refractivity contribution in [1.29, 1.82) is 0 Å². The van der Waals surface area contributed by atoms with E-state index < -0.39 is 0 Å². The minimum atomic E-state index is -0.182. The molecule has 0 aliphatic heterocycles. The maximum absolute atomic E-state index is 11.9. The molecule has 1 amide bonds. The summed E-state index contributed by atoms with van der Waals surface area (Å²) in [5.74, 6) is -0.182. The maximum atomic E-state index is 11.9. The van der Waals surface area contributed by atoms with Gasteiger partial charge in [0.1, 0.15) is 0 Å². The van der Waals surface area contributed by atoms with Crippen molar-refractivity contribution in [3.63, 3.8) is 0 Å². The first-order valence-corrected chi connectivity index (χ1v) is 6.20. The smallest absolute Gasteiger partial charge is 0.254 e. The Morgan fingerprint density at radius 2 is 2.21 bits per heavy atom. The number of aryl methyl sites for hydroxylation is 1. The molecule has 0 saturated carbocycles. The van der Waals surface area contributed by atoms with Gasteiger partial charge in [-0.3, -0.25) is 9.78 Å². The van der Waals surface area contributed by atoms with E-state index in [9.17, 15) is 4.79 Å². The number of benzene rings is 1. The fraction of sp³-hybridized carbons (Fsp3) is 0.200. The molecule has 0 bridgehead atoms. The van der Waals surface area contributed by atoms with Crippen LogP contribution in [0.25, 0.3) is 0 Å². The summed E-state index contributed by atoms with van der Waals surface area (Å²) in [6.45, 7) is 2.63. The molecule has 1 aromatic carbocycles. The Labute approximate surface area is 112 Å². The van der Waals surface area contributed by atoms with E-state index in [1.165, 1.54) is 17.3 Å². The summed E-state index contributed by atoms with van der Waals surface area (Å²) < 4.78 is 0. The number of amides is 1. The normalized spacial score (nSPS) is 10.2. The Bertz CT molecular complexity index is 581. The number of hydrogen-bond donors (Lipinski definition) is 2. The number of pyridine rings is 1. The topological polar surface area (TPSA) is 68.0 Å². The van der Waals surface area contributed by atoms with Crippen LogP contribution in [-0.4, -0.2) is 17.4 Å². The minimum Gasteiger partial charge on any atom is -0.398 e. The molecule has 0 unspecified atom stereocenters. The first kappa shape index (κ1) is 13.1. The SMILES string of the molecule is Cc1cccc(CCNC(=O)c2cnccc2N)c1. The lowest BCUT2D eigenvalue weighted by Gasteiger charge is -2.07. The van der Waals surface area contributed by atoms with E-state index in [2.05, 4.69) is 35.4 Å². The van der Waals surface area contributed by atoms with Crippen LogP contribution in [0.4, 0.5) is 5.69 Å². The highest BCUT2D eigenvalue weighted by Gasteiger charge is 2.08. The summed E-state index contributed by atoms with van der Waals surface area (Å²) in [7, 11) is 0. The quantitative estimate of drug-likeness (QED) is 0.877. The molecule has 4 nitrogen and oxygen atoms in total. The average Bonchev–Trinajstić information content (AvgIpc) is 2.39. The molecule has 0 aliphatic carbocycles. The van der Waals surface area contributed by atoms with Crippen molar-refractivity contribution in [3.05, 3.63) is 59.4 Å². The second kappa shape index (κ2) is 6.00. The van der Waals surface area contributed by atoms with E-state index in [0.29, 0.717) is 17.8 Å². The molecule has 2 rings (SSSR count). The van der Waals surface area contributed by atoms with E-state index >= 15 is 0 Å². The number of nitrogens with zero attached hydrogens (tertiary/aromatic N) is 1. The number of carbonyl (C=O) groups is 1. The van der Waals surface area contributed by atoms with Gasteiger partial charge in [0.05, 0.1) is 5.56 Å². The van der Waals surface area contributed by atoms with Gasteiger partial charge in [-0.05, 0) is 25.0 Å². The molecule has 0 radical (unpaired) electrons. The highest BCUT2D eigenvalue weighted by Crippen LogP contribution is 2.08. The Morgan fingerprint density at radius 3 is 2.95 bits per heavy atom. The zero-order chi connectivity index (χ0) is 13.7. The van der Waals surface area contributed by atoms with Crippen molar-refractivity contribution in [3.8, 4) is 0 Å². The van der Waals surface area contributed by atoms with Crippen molar-refractivity contribution in [1.82, 2.24) is 10.3 Å². The van der Waals surface area contributed by atoms with Gasteiger partial charge >= 0.3 is 0 Å². The van der Waals surface area contributed by atoms with Crippen LogP contribution in [0.15, 0.2) is 42.7 Å². The van der Waals surface area contributed by atoms with Crippen LogP contribution in [0.3, 0.4) is 0 Å². The fourth-order valence-electron chi connectivity index (χ4n) is 1.88. The molecule has 0 fully saturated rings. The van der Waals surface area contributed by atoms with Crippen LogP contribution in [0.2, 0.25) is 0 Å². The van der Waals surface area contributed by atoms with E-state index in [1.54, 1.807) is 12.3 Å². The Kier molecular flexibility index (Phi) is 4.13. The highest BCUT2D eigenvalue weighted by molar-refractivity contribution is 5.98. The van der Waals surface area contributed by atoms with Gasteiger partial charge in [0.2, 0.25) is 0 Å². The van der Waals surface area contributed by atoms with Crippen LogP contribution >= 0.6 is 0 Å². The molecule has 98 valence electrons. The van der Waals surface area contributed by atoms with Gasteiger partial charge in [-0.1, -0.05) is 29.8 Å². The summed E-state index contributed by atoms with van der Waals surface area (Å²) in [5.41, 5.74) is 9.02. The molecule has 19 heavy (non-hydrogen) atoms. The van der Waals surface area contributed by atoms with E-state index in [0.717, 1.165) is 6.42 Å². The molecule has 2 aromatic rings. The number of rotatable bonds is 4.